The number of carbonyl (C=O) groups excluding carboxylic acids is 4. The number of esters is 1. The average Bonchev–Trinajstić information content (AvgIpc) is 2.94. The van der Waals surface area contributed by atoms with Crippen LogP contribution >= 0.6 is 0 Å². The highest BCUT2D eigenvalue weighted by molar-refractivity contribution is 6.09. The van der Waals surface area contributed by atoms with Crippen molar-refractivity contribution >= 4 is 29.5 Å². The van der Waals surface area contributed by atoms with Crippen LogP contribution in [0.5, 0.6) is 5.75 Å². The summed E-state index contributed by atoms with van der Waals surface area (Å²) in [5, 5.41) is 5.40. The lowest BCUT2D eigenvalue weighted by atomic mass is 9.73. The molecule has 1 aromatic rings. The molecule has 9 nitrogen and oxygen atoms in total. The summed E-state index contributed by atoms with van der Waals surface area (Å²) in [7, 11) is 1.48. The second-order valence-electron chi connectivity index (χ2n) is 7.85. The predicted octanol–water partition coefficient (Wildman–Crippen LogP) is 1.99. The molecule has 9 heteroatoms. The molecule has 0 radical (unpaired) electrons. The van der Waals surface area contributed by atoms with Gasteiger partial charge in [-0.05, 0) is 43.4 Å². The van der Waals surface area contributed by atoms with E-state index in [9.17, 15) is 19.2 Å². The molecule has 1 saturated heterocycles. The zero-order chi connectivity index (χ0) is 21.9. The molecule has 1 saturated carbocycles. The summed E-state index contributed by atoms with van der Waals surface area (Å²) in [5.74, 6) is -1.30. The van der Waals surface area contributed by atoms with Crippen molar-refractivity contribution in [1.82, 2.24) is 10.2 Å². The minimum absolute atomic E-state index is 0.00110. The third kappa shape index (κ3) is 4.24. The Morgan fingerprint density at radius 2 is 2.07 bits per heavy atom. The molecule has 30 heavy (non-hydrogen) atoms. The third-order valence-corrected chi connectivity index (χ3v) is 5.78. The zero-order valence-electron chi connectivity index (χ0n) is 17.4. The van der Waals surface area contributed by atoms with E-state index in [-0.39, 0.29) is 5.92 Å². The molecular formula is C21H27N3O6. The van der Waals surface area contributed by atoms with Gasteiger partial charge in [0, 0.05) is 0 Å². The van der Waals surface area contributed by atoms with E-state index in [0.717, 1.165) is 29.7 Å². The molecule has 1 aliphatic heterocycles. The van der Waals surface area contributed by atoms with Gasteiger partial charge in [-0.25, -0.2) is 4.79 Å². The topological polar surface area (TPSA) is 114 Å². The number of urea groups is 1. The molecule has 162 valence electrons. The summed E-state index contributed by atoms with van der Waals surface area (Å²) in [6.07, 6.45) is 3.25. The summed E-state index contributed by atoms with van der Waals surface area (Å²) >= 11 is 0. The molecule has 1 heterocycles. The molecular weight excluding hydrogens is 390 g/mol. The second-order valence-corrected chi connectivity index (χ2v) is 7.85. The van der Waals surface area contributed by atoms with Gasteiger partial charge in [-0.2, -0.15) is 0 Å². The van der Waals surface area contributed by atoms with Crippen LogP contribution in [0.1, 0.15) is 38.2 Å². The number of imide groups is 1. The summed E-state index contributed by atoms with van der Waals surface area (Å²) in [6, 6.07) is 4.69. The number of nitrogens with one attached hydrogen (secondary N) is 2. The summed E-state index contributed by atoms with van der Waals surface area (Å²) in [4.78, 5) is 50.4. The number of aryl methyl sites for hydroxylation is 1. The number of carbonyl (C=O) groups is 4. The molecule has 1 spiro atoms. The van der Waals surface area contributed by atoms with Gasteiger partial charge in [0.2, 0.25) is 0 Å². The normalized spacial score (nSPS) is 23.3. The molecule has 4 amide bonds. The van der Waals surface area contributed by atoms with Gasteiger partial charge in [0.25, 0.3) is 11.8 Å². The fourth-order valence-electron chi connectivity index (χ4n) is 4.07. The van der Waals surface area contributed by atoms with E-state index < -0.39 is 42.5 Å². The molecule has 3 rings (SSSR count). The maximum Gasteiger partial charge on any atom is 0.326 e. The molecule has 0 unspecified atom stereocenters. The molecule has 0 bridgehead atoms. The molecule has 1 aromatic carbocycles. The first-order valence-electron chi connectivity index (χ1n) is 10.0. The molecule has 2 aliphatic rings. The maximum atomic E-state index is 12.9. The Kier molecular flexibility index (Phi) is 6.28. The van der Waals surface area contributed by atoms with Crippen molar-refractivity contribution in [1.29, 1.82) is 0 Å². The number of benzene rings is 1. The highest BCUT2D eigenvalue weighted by Gasteiger charge is 2.55. The number of hydrogen-bond acceptors (Lipinski definition) is 6. The minimum atomic E-state index is -0.936. The quantitative estimate of drug-likeness (QED) is 0.540. The lowest BCUT2D eigenvalue weighted by Crippen LogP contribution is -2.54. The summed E-state index contributed by atoms with van der Waals surface area (Å²) in [6.45, 7) is 2.73. The van der Waals surface area contributed by atoms with Gasteiger partial charge in [0.15, 0.2) is 6.61 Å². The first kappa shape index (κ1) is 21.6. The Hall–Kier alpha value is -3.10. The minimum Gasteiger partial charge on any atom is -0.495 e. The number of ether oxygens (including phenoxy) is 2. The van der Waals surface area contributed by atoms with Crippen LogP contribution in [0.2, 0.25) is 0 Å². The predicted molar refractivity (Wildman–Crippen MR) is 108 cm³/mol. The van der Waals surface area contributed by atoms with Crippen LogP contribution in [0, 0.1) is 12.8 Å². The Balaban J connectivity index is 1.55. The lowest BCUT2D eigenvalue weighted by Gasteiger charge is -2.36. The number of methoxy groups -OCH3 is 1. The number of nitrogens with zero attached hydrogens (tertiary/aromatic N) is 1. The SMILES string of the molecule is COc1ccc(C)cc1NC(=O)COC(=O)CN1C(=O)N[C@]2(CCCC[C@@H]2C)C1=O. The van der Waals surface area contributed by atoms with Crippen LogP contribution in [-0.2, 0) is 19.1 Å². The Morgan fingerprint density at radius 3 is 2.77 bits per heavy atom. The number of hydrogen-bond donors (Lipinski definition) is 2. The Bertz CT molecular complexity index is 870. The Morgan fingerprint density at radius 1 is 1.30 bits per heavy atom. The van der Waals surface area contributed by atoms with Gasteiger partial charge < -0.3 is 20.1 Å². The van der Waals surface area contributed by atoms with Crippen LogP contribution in [0.3, 0.4) is 0 Å². The van der Waals surface area contributed by atoms with Crippen molar-refractivity contribution in [3.05, 3.63) is 23.8 Å². The highest BCUT2D eigenvalue weighted by atomic mass is 16.5. The molecule has 0 aromatic heterocycles. The van der Waals surface area contributed by atoms with Crippen molar-refractivity contribution in [2.24, 2.45) is 5.92 Å². The first-order chi connectivity index (χ1) is 14.3. The standard InChI is InChI=1S/C21H27N3O6/c1-13-7-8-16(29-3)15(10-13)22-17(25)12-30-18(26)11-24-19(27)21(23-20(24)28)9-5-4-6-14(21)2/h7-8,10,14H,4-6,9,11-12H2,1-3H3,(H,22,25)(H,23,28)/t14-,21-/m0/s1. The van der Waals surface area contributed by atoms with Crippen LogP contribution in [-0.4, -0.2) is 54.5 Å². The highest BCUT2D eigenvalue weighted by Crippen LogP contribution is 2.38. The van der Waals surface area contributed by atoms with Gasteiger partial charge in [0.1, 0.15) is 17.8 Å². The van der Waals surface area contributed by atoms with E-state index in [1.807, 2.05) is 19.9 Å². The number of amides is 4. The summed E-state index contributed by atoms with van der Waals surface area (Å²) < 4.78 is 10.2. The van der Waals surface area contributed by atoms with Crippen LogP contribution in [0.15, 0.2) is 18.2 Å². The Labute approximate surface area is 175 Å². The maximum absolute atomic E-state index is 12.9. The monoisotopic (exact) mass is 417 g/mol. The fourth-order valence-corrected chi connectivity index (χ4v) is 4.07. The second kappa shape index (κ2) is 8.73. The van der Waals surface area contributed by atoms with Crippen LogP contribution in [0.4, 0.5) is 10.5 Å². The number of rotatable bonds is 6. The van der Waals surface area contributed by atoms with Gasteiger partial charge in [0.05, 0.1) is 12.8 Å². The molecule has 2 atom stereocenters. The summed E-state index contributed by atoms with van der Waals surface area (Å²) in [5.41, 5.74) is 0.447. The van der Waals surface area contributed by atoms with Gasteiger partial charge in [-0.15, -0.1) is 0 Å². The molecule has 2 N–H and O–H groups in total. The molecule has 2 fully saturated rings. The zero-order valence-corrected chi connectivity index (χ0v) is 17.4. The largest absolute Gasteiger partial charge is 0.495 e. The van der Waals surface area contributed by atoms with E-state index in [2.05, 4.69) is 10.6 Å². The van der Waals surface area contributed by atoms with E-state index in [0.29, 0.717) is 17.9 Å². The van der Waals surface area contributed by atoms with Crippen LogP contribution < -0.4 is 15.4 Å². The van der Waals surface area contributed by atoms with E-state index in [1.165, 1.54) is 7.11 Å². The van der Waals surface area contributed by atoms with Crippen LogP contribution in [0.25, 0.3) is 0 Å². The first-order valence-corrected chi connectivity index (χ1v) is 10.0. The van der Waals surface area contributed by atoms with Crippen molar-refractivity contribution in [3.63, 3.8) is 0 Å². The van der Waals surface area contributed by atoms with Crippen molar-refractivity contribution in [2.45, 2.75) is 45.1 Å². The third-order valence-electron chi connectivity index (χ3n) is 5.78. The van der Waals surface area contributed by atoms with E-state index in [4.69, 9.17) is 9.47 Å². The average molecular weight is 417 g/mol. The van der Waals surface area contributed by atoms with Gasteiger partial charge >= 0.3 is 12.0 Å². The van der Waals surface area contributed by atoms with E-state index >= 15 is 0 Å². The lowest BCUT2D eigenvalue weighted by molar-refractivity contribution is -0.150. The number of anilines is 1. The van der Waals surface area contributed by atoms with Gasteiger partial charge in [-0.1, -0.05) is 25.8 Å². The van der Waals surface area contributed by atoms with Gasteiger partial charge in [-0.3, -0.25) is 19.3 Å². The van der Waals surface area contributed by atoms with Crippen molar-refractivity contribution in [3.8, 4) is 5.75 Å². The smallest absolute Gasteiger partial charge is 0.326 e. The molecule has 1 aliphatic carbocycles. The van der Waals surface area contributed by atoms with Crippen molar-refractivity contribution < 1.29 is 28.7 Å². The van der Waals surface area contributed by atoms with Crippen molar-refractivity contribution in [2.75, 3.05) is 25.6 Å². The van der Waals surface area contributed by atoms with E-state index in [1.54, 1.807) is 12.1 Å². The fraction of sp³-hybridized carbons (Fsp3) is 0.524.